The predicted octanol–water partition coefficient (Wildman–Crippen LogP) is 2.71. The van der Waals surface area contributed by atoms with Gasteiger partial charge in [0.2, 0.25) is 5.88 Å². The van der Waals surface area contributed by atoms with Crippen LogP contribution in [-0.2, 0) is 4.74 Å². The summed E-state index contributed by atoms with van der Waals surface area (Å²) in [6.45, 7) is 1.13. The van der Waals surface area contributed by atoms with Crippen molar-refractivity contribution >= 4 is 5.69 Å². The van der Waals surface area contributed by atoms with Gasteiger partial charge < -0.3 is 14.8 Å². The van der Waals surface area contributed by atoms with E-state index in [0.29, 0.717) is 25.1 Å². The minimum Gasteiger partial charge on any atom is -0.475 e. The highest BCUT2D eigenvalue weighted by atomic mass is 16.5. The van der Waals surface area contributed by atoms with Crippen molar-refractivity contribution in [1.82, 2.24) is 4.98 Å². The lowest BCUT2D eigenvalue weighted by Gasteiger charge is -2.23. The zero-order chi connectivity index (χ0) is 13.1. The van der Waals surface area contributed by atoms with Crippen LogP contribution in [0.3, 0.4) is 0 Å². The van der Waals surface area contributed by atoms with E-state index >= 15 is 0 Å². The number of aromatic nitrogens is 1. The Morgan fingerprint density at radius 2 is 2.21 bits per heavy atom. The molecule has 0 amide bonds. The SMILES string of the molecule is COCCOc1ccc(NC2CC3CCC2C3)cn1. The van der Waals surface area contributed by atoms with Crippen molar-refractivity contribution in [2.75, 3.05) is 25.6 Å². The Morgan fingerprint density at radius 1 is 1.26 bits per heavy atom. The number of pyridine rings is 1. The van der Waals surface area contributed by atoms with Crippen LogP contribution in [0, 0.1) is 11.8 Å². The fourth-order valence-electron chi connectivity index (χ4n) is 3.42. The van der Waals surface area contributed by atoms with Crippen LogP contribution in [0.1, 0.15) is 25.7 Å². The third-order valence-electron chi connectivity index (χ3n) is 4.36. The number of nitrogens with zero attached hydrogens (tertiary/aromatic N) is 1. The summed E-state index contributed by atoms with van der Waals surface area (Å²) in [7, 11) is 1.67. The van der Waals surface area contributed by atoms with Crippen LogP contribution in [-0.4, -0.2) is 31.3 Å². The van der Waals surface area contributed by atoms with Crippen LogP contribution >= 0.6 is 0 Å². The molecule has 3 atom stereocenters. The van der Waals surface area contributed by atoms with Gasteiger partial charge in [-0.15, -0.1) is 0 Å². The van der Waals surface area contributed by atoms with Crippen molar-refractivity contribution in [2.24, 2.45) is 11.8 Å². The van der Waals surface area contributed by atoms with Gasteiger partial charge in [-0.05, 0) is 37.2 Å². The molecule has 1 N–H and O–H groups in total. The summed E-state index contributed by atoms with van der Waals surface area (Å²) < 4.78 is 10.4. The van der Waals surface area contributed by atoms with E-state index in [2.05, 4.69) is 16.4 Å². The fraction of sp³-hybridized carbons (Fsp3) is 0.667. The normalized spacial score (nSPS) is 28.6. The largest absolute Gasteiger partial charge is 0.475 e. The van der Waals surface area contributed by atoms with Crippen molar-refractivity contribution in [3.8, 4) is 5.88 Å². The molecule has 2 bridgehead atoms. The minimum absolute atomic E-state index is 0.544. The molecule has 19 heavy (non-hydrogen) atoms. The van der Waals surface area contributed by atoms with Gasteiger partial charge in [0, 0.05) is 19.2 Å². The summed E-state index contributed by atoms with van der Waals surface area (Å²) in [5.74, 6) is 2.50. The summed E-state index contributed by atoms with van der Waals surface area (Å²) in [6, 6.07) is 4.63. The van der Waals surface area contributed by atoms with Crippen LogP contribution in [0.15, 0.2) is 18.3 Å². The van der Waals surface area contributed by atoms with E-state index in [9.17, 15) is 0 Å². The highest BCUT2D eigenvalue weighted by Crippen LogP contribution is 2.45. The Morgan fingerprint density at radius 3 is 2.84 bits per heavy atom. The molecule has 3 unspecified atom stereocenters. The van der Waals surface area contributed by atoms with Crippen LogP contribution in [0.5, 0.6) is 5.88 Å². The molecule has 2 fully saturated rings. The third-order valence-corrected chi connectivity index (χ3v) is 4.36. The molecule has 2 aliphatic rings. The number of ether oxygens (including phenoxy) is 2. The Labute approximate surface area is 114 Å². The van der Waals surface area contributed by atoms with Crippen molar-refractivity contribution in [1.29, 1.82) is 0 Å². The molecule has 0 aliphatic heterocycles. The van der Waals surface area contributed by atoms with Crippen LogP contribution in [0.25, 0.3) is 0 Å². The van der Waals surface area contributed by atoms with Crippen molar-refractivity contribution in [2.45, 2.75) is 31.7 Å². The lowest BCUT2D eigenvalue weighted by Crippen LogP contribution is -2.25. The second kappa shape index (κ2) is 5.78. The summed E-state index contributed by atoms with van der Waals surface area (Å²) in [6.07, 6.45) is 7.45. The maximum Gasteiger partial charge on any atom is 0.213 e. The van der Waals surface area contributed by atoms with Gasteiger partial charge in [-0.25, -0.2) is 4.98 Å². The first kappa shape index (κ1) is 12.7. The minimum atomic E-state index is 0.544. The van der Waals surface area contributed by atoms with E-state index in [4.69, 9.17) is 9.47 Å². The topological polar surface area (TPSA) is 43.4 Å². The van der Waals surface area contributed by atoms with E-state index in [-0.39, 0.29) is 0 Å². The van der Waals surface area contributed by atoms with E-state index in [1.807, 2.05) is 12.3 Å². The molecule has 2 aliphatic carbocycles. The highest BCUT2D eigenvalue weighted by Gasteiger charge is 2.39. The van der Waals surface area contributed by atoms with Crippen LogP contribution < -0.4 is 10.1 Å². The Bertz CT molecular complexity index is 407. The molecule has 0 spiro atoms. The first-order valence-electron chi connectivity index (χ1n) is 7.19. The number of methoxy groups -OCH3 is 1. The van der Waals surface area contributed by atoms with E-state index < -0.39 is 0 Å². The predicted molar refractivity (Wildman–Crippen MR) is 74.5 cm³/mol. The van der Waals surface area contributed by atoms with E-state index in [1.165, 1.54) is 25.7 Å². The molecular weight excluding hydrogens is 240 g/mol. The van der Waals surface area contributed by atoms with Crippen LogP contribution in [0.2, 0.25) is 0 Å². The van der Waals surface area contributed by atoms with Gasteiger partial charge in [-0.2, -0.15) is 0 Å². The average molecular weight is 262 g/mol. The zero-order valence-electron chi connectivity index (χ0n) is 11.5. The first-order chi connectivity index (χ1) is 9.35. The molecule has 3 rings (SSSR count). The molecule has 0 saturated heterocycles. The average Bonchev–Trinajstić information content (AvgIpc) is 3.03. The maximum atomic E-state index is 5.46. The summed E-state index contributed by atoms with van der Waals surface area (Å²) >= 11 is 0. The Hall–Kier alpha value is -1.29. The van der Waals surface area contributed by atoms with Crippen molar-refractivity contribution < 1.29 is 9.47 Å². The number of nitrogens with one attached hydrogen (secondary N) is 1. The smallest absolute Gasteiger partial charge is 0.213 e. The van der Waals surface area contributed by atoms with E-state index in [1.54, 1.807) is 7.11 Å². The molecule has 1 aromatic rings. The molecule has 4 nitrogen and oxygen atoms in total. The van der Waals surface area contributed by atoms with Gasteiger partial charge >= 0.3 is 0 Å². The standard InChI is InChI=1S/C15H22N2O2/c1-18-6-7-19-15-5-4-13(10-16-15)17-14-9-11-2-3-12(14)8-11/h4-5,10-12,14,17H,2-3,6-9H2,1H3. The maximum absolute atomic E-state index is 5.46. The molecule has 1 aromatic heterocycles. The number of hydrogen-bond acceptors (Lipinski definition) is 4. The summed E-state index contributed by atoms with van der Waals surface area (Å²) in [5, 5.41) is 3.62. The quantitative estimate of drug-likeness (QED) is 0.801. The molecule has 0 aromatic carbocycles. The van der Waals surface area contributed by atoms with Crippen LogP contribution in [0.4, 0.5) is 5.69 Å². The van der Waals surface area contributed by atoms with Crippen molar-refractivity contribution in [3.05, 3.63) is 18.3 Å². The Balaban J connectivity index is 1.51. The molecule has 2 saturated carbocycles. The van der Waals surface area contributed by atoms with Gasteiger partial charge in [-0.3, -0.25) is 0 Å². The fourth-order valence-corrected chi connectivity index (χ4v) is 3.42. The molecule has 0 radical (unpaired) electrons. The number of rotatable bonds is 6. The summed E-state index contributed by atoms with van der Waals surface area (Å²) in [5.41, 5.74) is 1.11. The van der Waals surface area contributed by atoms with E-state index in [0.717, 1.165) is 17.5 Å². The number of fused-ring (bicyclic) bond motifs is 2. The Kier molecular flexibility index (Phi) is 3.87. The second-order valence-corrected chi connectivity index (χ2v) is 5.65. The first-order valence-corrected chi connectivity index (χ1v) is 7.19. The lowest BCUT2D eigenvalue weighted by atomic mass is 9.95. The molecule has 1 heterocycles. The number of anilines is 1. The number of hydrogen-bond donors (Lipinski definition) is 1. The van der Waals surface area contributed by atoms with Gasteiger partial charge in [0.1, 0.15) is 6.61 Å². The second-order valence-electron chi connectivity index (χ2n) is 5.65. The molecular formula is C15H22N2O2. The van der Waals surface area contributed by atoms with Gasteiger partial charge in [0.15, 0.2) is 0 Å². The lowest BCUT2D eigenvalue weighted by molar-refractivity contribution is 0.144. The molecule has 104 valence electrons. The van der Waals surface area contributed by atoms with Gasteiger partial charge in [-0.1, -0.05) is 6.42 Å². The molecule has 4 heteroatoms. The van der Waals surface area contributed by atoms with Gasteiger partial charge in [0.25, 0.3) is 0 Å². The van der Waals surface area contributed by atoms with Crippen molar-refractivity contribution in [3.63, 3.8) is 0 Å². The monoisotopic (exact) mass is 262 g/mol. The third kappa shape index (κ3) is 3.00. The highest BCUT2D eigenvalue weighted by molar-refractivity contribution is 5.43. The summed E-state index contributed by atoms with van der Waals surface area (Å²) in [4.78, 5) is 4.31. The van der Waals surface area contributed by atoms with Gasteiger partial charge in [0.05, 0.1) is 18.5 Å². The zero-order valence-corrected chi connectivity index (χ0v) is 11.5.